The number of amides is 2. The predicted molar refractivity (Wildman–Crippen MR) is 118 cm³/mol. The highest BCUT2D eigenvalue weighted by molar-refractivity contribution is 5.97. The molecule has 0 aliphatic heterocycles. The van der Waals surface area contributed by atoms with Gasteiger partial charge in [0.05, 0.1) is 13.2 Å². The maximum absolute atomic E-state index is 12.3. The van der Waals surface area contributed by atoms with E-state index in [-0.39, 0.29) is 18.4 Å². The Hall–Kier alpha value is -3.02. The molecule has 6 heteroatoms. The molecule has 0 aromatic heterocycles. The minimum atomic E-state index is -0.489. The van der Waals surface area contributed by atoms with Crippen LogP contribution in [0.3, 0.4) is 0 Å². The quantitative estimate of drug-likeness (QED) is 0.600. The van der Waals surface area contributed by atoms with Gasteiger partial charge in [-0.2, -0.15) is 0 Å². The lowest BCUT2D eigenvalue weighted by molar-refractivity contribution is -0.123. The lowest BCUT2D eigenvalue weighted by Crippen LogP contribution is -2.27. The van der Waals surface area contributed by atoms with Crippen LogP contribution in [-0.4, -0.2) is 25.0 Å². The molecule has 0 saturated carbocycles. The molecule has 2 amide bonds. The zero-order valence-electron chi connectivity index (χ0n) is 17.8. The molecule has 0 fully saturated rings. The average Bonchev–Trinajstić information content (AvgIpc) is 2.64. The van der Waals surface area contributed by atoms with E-state index in [1.165, 1.54) is 0 Å². The lowest BCUT2D eigenvalue weighted by atomic mass is 9.95. The van der Waals surface area contributed by atoms with E-state index in [9.17, 15) is 9.59 Å². The molecule has 0 saturated heterocycles. The van der Waals surface area contributed by atoms with E-state index in [1.54, 1.807) is 24.3 Å². The van der Waals surface area contributed by atoms with Gasteiger partial charge in [0, 0.05) is 28.5 Å². The van der Waals surface area contributed by atoms with Crippen molar-refractivity contribution in [1.82, 2.24) is 0 Å². The second-order valence-corrected chi connectivity index (χ2v) is 8.42. The van der Waals surface area contributed by atoms with E-state index in [2.05, 4.69) is 29.8 Å². The molecule has 3 N–H and O–H groups in total. The normalized spacial score (nSPS) is 11.1. The van der Waals surface area contributed by atoms with Crippen molar-refractivity contribution in [3.8, 4) is 5.75 Å². The Balaban J connectivity index is 1.89. The standard InChI is InChI=1S/C23H31N3O3/c1-16(2)15-29-20-11-7-8-17(13-20)24-14-21(27)25-18-9-6-10-19(12-18)26-22(28)23(3,4)5/h6-13,16,24H,14-15H2,1-5H3,(H,25,27)(H,26,28). The van der Waals surface area contributed by atoms with Crippen LogP contribution in [0.1, 0.15) is 34.6 Å². The van der Waals surface area contributed by atoms with Crippen LogP contribution in [0.15, 0.2) is 48.5 Å². The summed E-state index contributed by atoms with van der Waals surface area (Å²) < 4.78 is 5.70. The van der Waals surface area contributed by atoms with Crippen LogP contribution in [0.25, 0.3) is 0 Å². The van der Waals surface area contributed by atoms with E-state index >= 15 is 0 Å². The summed E-state index contributed by atoms with van der Waals surface area (Å²) in [5.74, 6) is 0.952. The van der Waals surface area contributed by atoms with Crippen molar-refractivity contribution in [2.24, 2.45) is 11.3 Å². The molecular weight excluding hydrogens is 366 g/mol. The molecule has 0 heterocycles. The van der Waals surface area contributed by atoms with Gasteiger partial charge in [-0.3, -0.25) is 9.59 Å². The van der Waals surface area contributed by atoms with Gasteiger partial charge < -0.3 is 20.7 Å². The number of nitrogens with one attached hydrogen (secondary N) is 3. The largest absolute Gasteiger partial charge is 0.493 e. The zero-order chi connectivity index (χ0) is 21.4. The van der Waals surface area contributed by atoms with Crippen LogP contribution in [0.5, 0.6) is 5.75 Å². The Labute approximate surface area is 173 Å². The lowest BCUT2D eigenvalue weighted by Gasteiger charge is -2.18. The van der Waals surface area contributed by atoms with E-state index in [0.29, 0.717) is 23.9 Å². The Kier molecular flexibility index (Phi) is 7.65. The first-order valence-electron chi connectivity index (χ1n) is 9.81. The SMILES string of the molecule is CC(C)COc1cccc(NCC(=O)Nc2cccc(NC(=O)C(C)(C)C)c2)c1. The number of hydrogen-bond donors (Lipinski definition) is 3. The number of rotatable bonds is 8. The highest BCUT2D eigenvalue weighted by Gasteiger charge is 2.21. The van der Waals surface area contributed by atoms with Crippen molar-refractivity contribution >= 4 is 28.9 Å². The smallest absolute Gasteiger partial charge is 0.243 e. The summed E-state index contributed by atoms with van der Waals surface area (Å²) in [5.41, 5.74) is 1.59. The van der Waals surface area contributed by atoms with Crippen molar-refractivity contribution in [2.45, 2.75) is 34.6 Å². The Morgan fingerprint density at radius 3 is 2.21 bits per heavy atom. The molecule has 29 heavy (non-hydrogen) atoms. The summed E-state index contributed by atoms with van der Waals surface area (Å²) in [4.78, 5) is 24.4. The van der Waals surface area contributed by atoms with E-state index in [4.69, 9.17) is 4.74 Å². The van der Waals surface area contributed by atoms with Gasteiger partial charge in [-0.1, -0.05) is 46.8 Å². The Morgan fingerprint density at radius 2 is 1.55 bits per heavy atom. The number of ether oxygens (including phenoxy) is 1. The molecule has 0 radical (unpaired) electrons. The Bertz CT molecular complexity index is 841. The topological polar surface area (TPSA) is 79.5 Å². The monoisotopic (exact) mass is 397 g/mol. The first kappa shape index (κ1) is 22.3. The van der Waals surface area contributed by atoms with Crippen molar-refractivity contribution in [2.75, 3.05) is 29.1 Å². The number of carbonyl (C=O) groups excluding carboxylic acids is 2. The van der Waals surface area contributed by atoms with Gasteiger partial charge in [0.1, 0.15) is 5.75 Å². The van der Waals surface area contributed by atoms with E-state index in [0.717, 1.165) is 11.4 Å². The van der Waals surface area contributed by atoms with E-state index in [1.807, 2.05) is 45.0 Å². The maximum atomic E-state index is 12.3. The van der Waals surface area contributed by atoms with Crippen LogP contribution in [0.4, 0.5) is 17.1 Å². The van der Waals surface area contributed by atoms with Gasteiger partial charge in [0.25, 0.3) is 0 Å². The summed E-state index contributed by atoms with van der Waals surface area (Å²) >= 11 is 0. The summed E-state index contributed by atoms with van der Waals surface area (Å²) in [6, 6.07) is 14.6. The molecule has 0 spiro atoms. The highest BCUT2D eigenvalue weighted by atomic mass is 16.5. The van der Waals surface area contributed by atoms with Crippen LogP contribution < -0.4 is 20.7 Å². The highest BCUT2D eigenvalue weighted by Crippen LogP contribution is 2.20. The summed E-state index contributed by atoms with van der Waals surface area (Å²) in [6.45, 7) is 10.5. The third-order valence-corrected chi connectivity index (χ3v) is 3.96. The molecule has 6 nitrogen and oxygen atoms in total. The number of hydrogen-bond acceptors (Lipinski definition) is 4. The molecule has 0 aliphatic carbocycles. The summed E-state index contributed by atoms with van der Waals surface area (Å²) in [5, 5.41) is 8.79. The first-order chi connectivity index (χ1) is 13.6. The van der Waals surface area contributed by atoms with Gasteiger partial charge in [-0.15, -0.1) is 0 Å². The van der Waals surface area contributed by atoms with Crippen molar-refractivity contribution in [3.05, 3.63) is 48.5 Å². The third kappa shape index (κ3) is 7.86. The van der Waals surface area contributed by atoms with Gasteiger partial charge in [-0.05, 0) is 36.2 Å². The molecule has 0 atom stereocenters. The molecule has 2 aromatic carbocycles. The fraction of sp³-hybridized carbons (Fsp3) is 0.391. The third-order valence-electron chi connectivity index (χ3n) is 3.96. The first-order valence-corrected chi connectivity index (χ1v) is 9.81. The molecule has 2 rings (SSSR count). The summed E-state index contributed by atoms with van der Waals surface area (Å²) in [7, 11) is 0. The predicted octanol–water partition coefficient (Wildman–Crippen LogP) is 4.76. The van der Waals surface area contributed by atoms with Crippen LogP contribution in [-0.2, 0) is 9.59 Å². The maximum Gasteiger partial charge on any atom is 0.243 e. The molecule has 0 bridgehead atoms. The fourth-order valence-corrected chi connectivity index (χ4v) is 2.34. The number of carbonyl (C=O) groups is 2. The van der Waals surface area contributed by atoms with Crippen LogP contribution in [0, 0.1) is 11.3 Å². The fourth-order valence-electron chi connectivity index (χ4n) is 2.34. The van der Waals surface area contributed by atoms with Crippen LogP contribution in [0.2, 0.25) is 0 Å². The zero-order valence-corrected chi connectivity index (χ0v) is 17.8. The van der Waals surface area contributed by atoms with Gasteiger partial charge in [-0.25, -0.2) is 0 Å². The van der Waals surface area contributed by atoms with Gasteiger partial charge in [0.15, 0.2) is 0 Å². The minimum absolute atomic E-state index is 0.0813. The van der Waals surface area contributed by atoms with Gasteiger partial charge in [0.2, 0.25) is 11.8 Å². The molecule has 0 aliphatic rings. The van der Waals surface area contributed by atoms with Crippen molar-refractivity contribution < 1.29 is 14.3 Å². The molecule has 156 valence electrons. The second kappa shape index (κ2) is 9.96. The van der Waals surface area contributed by atoms with Crippen molar-refractivity contribution in [3.63, 3.8) is 0 Å². The van der Waals surface area contributed by atoms with Gasteiger partial charge >= 0.3 is 0 Å². The Morgan fingerprint density at radius 1 is 0.931 bits per heavy atom. The van der Waals surface area contributed by atoms with Crippen molar-refractivity contribution in [1.29, 1.82) is 0 Å². The number of benzene rings is 2. The molecule has 2 aromatic rings. The van der Waals surface area contributed by atoms with Crippen LogP contribution >= 0.6 is 0 Å². The molecule has 0 unspecified atom stereocenters. The second-order valence-electron chi connectivity index (χ2n) is 8.42. The number of anilines is 3. The summed E-state index contributed by atoms with van der Waals surface area (Å²) in [6.07, 6.45) is 0. The minimum Gasteiger partial charge on any atom is -0.493 e. The molecular formula is C23H31N3O3. The van der Waals surface area contributed by atoms with E-state index < -0.39 is 5.41 Å². The average molecular weight is 398 g/mol.